The summed E-state index contributed by atoms with van der Waals surface area (Å²) in [5, 5.41) is 8.39. The molecule has 3 amide bonds. The van der Waals surface area contributed by atoms with E-state index in [2.05, 4.69) is 16.0 Å². The first-order chi connectivity index (χ1) is 13.1. The van der Waals surface area contributed by atoms with Gasteiger partial charge in [0.2, 0.25) is 0 Å². The Morgan fingerprint density at radius 1 is 1.11 bits per heavy atom. The van der Waals surface area contributed by atoms with Crippen LogP contribution in [-0.4, -0.2) is 37.7 Å². The molecular formula is C20H25N3O4. The minimum atomic E-state index is -0.297. The second-order valence-corrected chi connectivity index (χ2v) is 6.57. The van der Waals surface area contributed by atoms with Crippen molar-refractivity contribution in [1.29, 1.82) is 0 Å². The predicted octanol–water partition coefficient (Wildman–Crippen LogP) is 2.86. The Bertz CT molecular complexity index is 764. The van der Waals surface area contributed by atoms with Crippen LogP contribution < -0.4 is 16.0 Å². The Balaban J connectivity index is 1.39. The summed E-state index contributed by atoms with van der Waals surface area (Å²) in [6.07, 6.45) is 2.77. The largest absolute Gasteiger partial charge is 0.466 e. The van der Waals surface area contributed by atoms with Crippen LogP contribution in [0.1, 0.15) is 34.7 Å². The van der Waals surface area contributed by atoms with Crippen LogP contribution in [0.4, 0.5) is 10.5 Å². The van der Waals surface area contributed by atoms with Crippen LogP contribution in [0.2, 0.25) is 0 Å². The number of carbonyl (C=O) groups is 2. The zero-order valence-electron chi connectivity index (χ0n) is 15.4. The highest BCUT2D eigenvalue weighted by Crippen LogP contribution is 2.12. The molecule has 7 heteroatoms. The molecule has 0 aliphatic carbocycles. The van der Waals surface area contributed by atoms with Crippen molar-refractivity contribution >= 4 is 17.6 Å². The normalized spacial score (nSPS) is 16.1. The molecule has 0 radical (unpaired) electrons. The summed E-state index contributed by atoms with van der Waals surface area (Å²) in [6, 6.07) is 10.3. The second kappa shape index (κ2) is 9.23. The van der Waals surface area contributed by atoms with Crippen LogP contribution in [0.25, 0.3) is 0 Å². The molecule has 0 bridgehead atoms. The van der Waals surface area contributed by atoms with E-state index >= 15 is 0 Å². The van der Waals surface area contributed by atoms with Gasteiger partial charge in [-0.1, -0.05) is 0 Å². The summed E-state index contributed by atoms with van der Waals surface area (Å²) in [5.41, 5.74) is 1.17. The van der Waals surface area contributed by atoms with Crippen LogP contribution in [0.3, 0.4) is 0 Å². The molecule has 0 spiro atoms. The van der Waals surface area contributed by atoms with Crippen molar-refractivity contribution in [3.8, 4) is 0 Å². The lowest BCUT2D eigenvalue weighted by molar-refractivity contribution is 0.0858. The van der Waals surface area contributed by atoms with Gasteiger partial charge in [0.1, 0.15) is 11.5 Å². The van der Waals surface area contributed by atoms with Gasteiger partial charge < -0.3 is 25.1 Å². The Hall–Kier alpha value is -2.80. The zero-order valence-corrected chi connectivity index (χ0v) is 15.4. The van der Waals surface area contributed by atoms with Crippen molar-refractivity contribution < 1.29 is 18.7 Å². The maximum absolute atomic E-state index is 12.1. The van der Waals surface area contributed by atoms with Gasteiger partial charge in [0.15, 0.2) is 0 Å². The van der Waals surface area contributed by atoms with E-state index in [1.54, 1.807) is 24.3 Å². The Morgan fingerprint density at radius 2 is 1.93 bits per heavy atom. The number of nitrogens with one attached hydrogen (secondary N) is 3. The highest BCUT2D eigenvalue weighted by Gasteiger charge is 2.16. The van der Waals surface area contributed by atoms with Gasteiger partial charge in [0.25, 0.3) is 5.91 Å². The molecular weight excluding hydrogens is 346 g/mol. The average Bonchev–Trinajstić information content (AvgIpc) is 3.32. The molecule has 3 rings (SSSR count). The predicted molar refractivity (Wildman–Crippen MR) is 102 cm³/mol. The summed E-state index contributed by atoms with van der Waals surface area (Å²) < 4.78 is 10.9. The first-order valence-electron chi connectivity index (χ1n) is 9.20. The molecule has 1 atom stereocenters. The summed E-state index contributed by atoms with van der Waals surface area (Å²) in [4.78, 5) is 24.1. The summed E-state index contributed by atoms with van der Waals surface area (Å²) in [5.74, 6) is 1.55. The van der Waals surface area contributed by atoms with Crippen molar-refractivity contribution in [3.05, 3.63) is 53.5 Å². The molecule has 1 aliphatic rings. The Kier molecular flexibility index (Phi) is 6.49. The lowest BCUT2D eigenvalue weighted by Gasteiger charge is -2.11. The molecule has 144 valence electrons. The molecule has 1 fully saturated rings. The molecule has 2 aromatic rings. The van der Waals surface area contributed by atoms with Crippen LogP contribution in [0, 0.1) is 6.92 Å². The molecule has 7 nitrogen and oxygen atoms in total. The molecule has 2 heterocycles. The smallest absolute Gasteiger partial charge is 0.319 e. The van der Waals surface area contributed by atoms with Crippen molar-refractivity contribution in [2.45, 2.75) is 32.3 Å². The van der Waals surface area contributed by atoms with Crippen LogP contribution in [-0.2, 0) is 11.2 Å². The van der Waals surface area contributed by atoms with E-state index < -0.39 is 0 Å². The van der Waals surface area contributed by atoms with Gasteiger partial charge in [0, 0.05) is 37.4 Å². The molecule has 1 aromatic heterocycles. The summed E-state index contributed by atoms with van der Waals surface area (Å²) >= 11 is 0. The zero-order chi connectivity index (χ0) is 19.1. The Labute approximate surface area is 158 Å². The van der Waals surface area contributed by atoms with Gasteiger partial charge in [0.05, 0.1) is 6.10 Å². The molecule has 27 heavy (non-hydrogen) atoms. The standard InChI is InChI=1S/C20H25N3O4/c1-14-4-9-17(27-14)10-11-21-20(25)23-16-7-5-15(6-8-16)19(24)22-13-18-3-2-12-26-18/h4-9,18H,2-3,10-13H2,1H3,(H,22,24)(H2,21,23,25)/t18-/m0/s1. The lowest BCUT2D eigenvalue weighted by atomic mass is 10.2. The molecule has 1 saturated heterocycles. The molecule has 3 N–H and O–H groups in total. The van der Waals surface area contributed by atoms with Gasteiger partial charge in [-0.15, -0.1) is 0 Å². The number of amides is 3. The van der Waals surface area contributed by atoms with E-state index in [1.807, 2.05) is 19.1 Å². The van der Waals surface area contributed by atoms with Crippen LogP contribution in [0.5, 0.6) is 0 Å². The number of furan rings is 1. The fourth-order valence-corrected chi connectivity index (χ4v) is 2.91. The van der Waals surface area contributed by atoms with E-state index in [4.69, 9.17) is 9.15 Å². The number of aryl methyl sites for hydroxylation is 1. The number of benzene rings is 1. The SMILES string of the molecule is Cc1ccc(CCNC(=O)Nc2ccc(C(=O)NC[C@@H]3CCCO3)cc2)o1. The van der Waals surface area contributed by atoms with Gasteiger partial charge in [-0.2, -0.15) is 0 Å². The first kappa shape index (κ1) is 19.0. The highest BCUT2D eigenvalue weighted by atomic mass is 16.5. The van der Waals surface area contributed by atoms with E-state index in [1.165, 1.54) is 0 Å². The number of carbonyl (C=O) groups excluding carboxylic acids is 2. The van der Waals surface area contributed by atoms with Gasteiger partial charge in [-0.3, -0.25) is 4.79 Å². The quantitative estimate of drug-likeness (QED) is 0.698. The van der Waals surface area contributed by atoms with Crippen molar-refractivity contribution in [1.82, 2.24) is 10.6 Å². The lowest BCUT2D eigenvalue weighted by Crippen LogP contribution is -2.32. The number of rotatable bonds is 7. The summed E-state index contributed by atoms with van der Waals surface area (Å²) in [6.45, 7) is 3.65. The minimum Gasteiger partial charge on any atom is -0.466 e. The molecule has 0 saturated carbocycles. The maximum atomic E-state index is 12.1. The molecule has 0 unspecified atom stereocenters. The molecule has 1 aromatic carbocycles. The number of hydrogen-bond donors (Lipinski definition) is 3. The minimum absolute atomic E-state index is 0.115. The number of ether oxygens (including phenoxy) is 1. The van der Waals surface area contributed by atoms with Crippen molar-refractivity contribution in [2.75, 3.05) is 25.0 Å². The van der Waals surface area contributed by atoms with Gasteiger partial charge >= 0.3 is 6.03 Å². The van der Waals surface area contributed by atoms with Crippen LogP contribution in [0.15, 0.2) is 40.8 Å². The average molecular weight is 371 g/mol. The fraction of sp³-hybridized carbons (Fsp3) is 0.400. The van der Waals surface area contributed by atoms with E-state index in [-0.39, 0.29) is 18.0 Å². The maximum Gasteiger partial charge on any atom is 0.319 e. The van der Waals surface area contributed by atoms with Gasteiger partial charge in [-0.05, 0) is 56.2 Å². The van der Waals surface area contributed by atoms with E-state index in [9.17, 15) is 9.59 Å². The second-order valence-electron chi connectivity index (χ2n) is 6.57. The van der Waals surface area contributed by atoms with E-state index in [0.717, 1.165) is 31.0 Å². The van der Waals surface area contributed by atoms with Crippen molar-refractivity contribution in [2.24, 2.45) is 0 Å². The van der Waals surface area contributed by atoms with Crippen LogP contribution >= 0.6 is 0 Å². The first-order valence-corrected chi connectivity index (χ1v) is 9.20. The fourth-order valence-electron chi connectivity index (χ4n) is 2.91. The molecule has 1 aliphatic heterocycles. The third kappa shape index (κ3) is 5.86. The number of anilines is 1. The topological polar surface area (TPSA) is 92.6 Å². The third-order valence-electron chi connectivity index (χ3n) is 4.37. The van der Waals surface area contributed by atoms with Gasteiger partial charge in [-0.25, -0.2) is 4.79 Å². The van der Waals surface area contributed by atoms with E-state index in [0.29, 0.717) is 30.8 Å². The monoisotopic (exact) mass is 371 g/mol. The number of hydrogen-bond acceptors (Lipinski definition) is 4. The summed E-state index contributed by atoms with van der Waals surface area (Å²) in [7, 11) is 0. The number of urea groups is 1. The van der Waals surface area contributed by atoms with Crippen molar-refractivity contribution in [3.63, 3.8) is 0 Å². The third-order valence-corrected chi connectivity index (χ3v) is 4.37. The Morgan fingerprint density at radius 3 is 2.59 bits per heavy atom. The highest BCUT2D eigenvalue weighted by molar-refractivity contribution is 5.95.